The third-order valence-electron chi connectivity index (χ3n) is 9.69. The molecule has 0 amide bonds. The van der Waals surface area contributed by atoms with Gasteiger partial charge in [-0.1, -0.05) is 142 Å². The molecule has 0 N–H and O–H groups in total. The molecule has 0 aliphatic heterocycles. The van der Waals surface area contributed by atoms with Crippen LogP contribution in [0.3, 0.4) is 0 Å². The summed E-state index contributed by atoms with van der Waals surface area (Å²) in [7, 11) is 0. The first-order valence-electron chi connectivity index (χ1n) is 16.7. The maximum absolute atomic E-state index is 6.67. The molecule has 1 aromatic heterocycles. The fourth-order valence-electron chi connectivity index (χ4n) is 7.57. The van der Waals surface area contributed by atoms with Gasteiger partial charge >= 0.3 is 0 Å². The standard InChI is InChI=1S/C46H35NO/c1-46(2,3)44-41-21-10-11-22-43(41)48-45(44)33-15-12-16-34(28-33)47(35-25-26-38-32(27-35)24-23-30-13-4-6-17-36(30)38)42-29-31-14-5-7-18-37(31)39-19-8-9-20-40(39)42/h4-29H,1-3H3. The number of para-hydroxylation sites is 1. The van der Waals surface area contributed by atoms with Crippen LogP contribution in [0.15, 0.2) is 162 Å². The van der Waals surface area contributed by atoms with E-state index in [9.17, 15) is 0 Å². The monoisotopic (exact) mass is 617 g/mol. The van der Waals surface area contributed by atoms with Gasteiger partial charge in [-0.2, -0.15) is 0 Å². The third kappa shape index (κ3) is 4.56. The number of rotatable bonds is 4. The second-order valence-electron chi connectivity index (χ2n) is 13.8. The average molecular weight is 618 g/mol. The van der Waals surface area contributed by atoms with Crippen molar-refractivity contribution in [2.24, 2.45) is 0 Å². The second-order valence-corrected chi connectivity index (χ2v) is 13.8. The van der Waals surface area contributed by atoms with Gasteiger partial charge in [0.15, 0.2) is 0 Å². The number of benzene rings is 8. The van der Waals surface area contributed by atoms with Gasteiger partial charge in [0.25, 0.3) is 0 Å². The summed E-state index contributed by atoms with van der Waals surface area (Å²) < 4.78 is 6.67. The molecule has 8 aromatic carbocycles. The van der Waals surface area contributed by atoms with E-state index >= 15 is 0 Å². The largest absolute Gasteiger partial charge is 0.456 e. The zero-order valence-electron chi connectivity index (χ0n) is 27.4. The summed E-state index contributed by atoms with van der Waals surface area (Å²) >= 11 is 0. The predicted octanol–water partition coefficient (Wildman–Crippen LogP) is 13.5. The van der Waals surface area contributed by atoms with Crippen LogP contribution >= 0.6 is 0 Å². The molecule has 0 saturated heterocycles. The van der Waals surface area contributed by atoms with Crippen LogP contribution in [-0.2, 0) is 5.41 Å². The summed E-state index contributed by atoms with van der Waals surface area (Å²) in [6, 6.07) is 57.1. The summed E-state index contributed by atoms with van der Waals surface area (Å²) in [6.07, 6.45) is 0. The molecular formula is C46H35NO. The Balaban J connectivity index is 1.32. The van der Waals surface area contributed by atoms with Gasteiger partial charge in [0.1, 0.15) is 11.3 Å². The third-order valence-corrected chi connectivity index (χ3v) is 9.69. The van der Waals surface area contributed by atoms with Crippen LogP contribution in [0.5, 0.6) is 0 Å². The van der Waals surface area contributed by atoms with Crippen LogP contribution in [0.2, 0.25) is 0 Å². The lowest BCUT2D eigenvalue weighted by Gasteiger charge is -2.28. The van der Waals surface area contributed by atoms with Crippen LogP contribution in [0.4, 0.5) is 17.1 Å². The molecule has 2 heteroatoms. The van der Waals surface area contributed by atoms with Gasteiger partial charge in [-0.05, 0) is 79.5 Å². The van der Waals surface area contributed by atoms with Crippen molar-refractivity contribution < 1.29 is 4.42 Å². The number of fused-ring (bicyclic) bond motifs is 7. The highest BCUT2D eigenvalue weighted by atomic mass is 16.3. The number of hydrogen-bond donors (Lipinski definition) is 0. The van der Waals surface area contributed by atoms with E-state index in [0.29, 0.717) is 0 Å². The van der Waals surface area contributed by atoms with Gasteiger partial charge in [-0.3, -0.25) is 0 Å². The van der Waals surface area contributed by atoms with E-state index in [1.54, 1.807) is 0 Å². The van der Waals surface area contributed by atoms with Crippen molar-refractivity contribution in [2.45, 2.75) is 26.2 Å². The van der Waals surface area contributed by atoms with Crippen molar-refractivity contribution in [3.05, 3.63) is 163 Å². The molecule has 1 heterocycles. The molecule has 48 heavy (non-hydrogen) atoms. The van der Waals surface area contributed by atoms with Crippen LogP contribution in [0, 0.1) is 0 Å². The van der Waals surface area contributed by atoms with Crippen molar-refractivity contribution in [3.8, 4) is 11.3 Å². The molecule has 0 aliphatic rings. The summed E-state index contributed by atoms with van der Waals surface area (Å²) in [5.74, 6) is 0.929. The maximum Gasteiger partial charge on any atom is 0.139 e. The van der Waals surface area contributed by atoms with E-state index in [4.69, 9.17) is 4.42 Å². The minimum atomic E-state index is -0.104. The lowest BCUT2D eigenvalue weighted by Crippen LogP contribution is -2.12. The number of furan rings is 1. The van der Waals surface area contributed by atoms with E-state index in [2.05, 4.69) is 177 Å². The minimum absolute atomic E-state index is 0.104. The van der Waals surface area contributed by atoms with Crippen LogP contribution in [0.25, 0.3) is 65.4 Å². The van der Waals surface area contributed by atoms with E-state index in [1.165, 1.54) is 54.0 Å². The van der Waals surface area contributed by atoms with Gasteiger partial charge in [0.2, 0.25) is 0 Å². The highest BCUT2D eigenvalue weighted by Gasteiger charge is 2.27. The molecule has 2 nitrogen and oxygen atoms in total. The maximum atomic E-state index is 6.67. The topological polar surface area (TPSA) is 16.4 Å². The lowest BCUT2D eigenvalue weighted by molar-refractivity contribution is 0.568. The number of anilines is 3. The molecule has 230 valence electrons. The van der Waals surface area contributed by atoms with Crippen molar-refractivity contribution in [1.82, 2.24) is 0 Å². The Hall–Kier alpha value is -5.86. The minimum Gasteiger partial charge on any atom is -0.456 e. The molecule has 0 bridgehead atoms. The second kappa shape index (κ2) is 10.9. The smallest absolute Gasteiger partial charge is 0.139 e. The van der Waals surface area contributed by atoms with Gasteiger partial charge in [0.05, 0.1) is 5.69 Å². The van der Waals surface area contributed by atoms with Crippen LogP contribution in [-0.4, -0.2) is 0 Å². The molecule has 0 aliphatic carbocycles. The summed E-state index contributed by atoms with van der Waals surface area (Å²) in [4.78, 5) is 2.42. The zero-order valence-corrected chi connectivity index (χ0v) is 27.4. The van der Waals surface area contributed by atoms with E-state index in [0.717, 1.165) is 34.0 Å². The quantitative estimate of drug-likeness (QED) is 0.183. The molecular weight excluding hydrogens is 583 g/mol. The SMILES string of the molecule is CC(C)(C)c1c(-c2cccc(N(c3ccc4c(ccc5ccccc54)c3)c3cc4ccccc4c4ccccc34)c2)oc2ccccc12. The molecule has 0 fully saturated rings. The van der Waals surface area contributed by atoms with Gasteiger partial charge in [-0.25, -0.2) is 0 Å². The first-order chi connectivity index (χ1) is 23.4. The van der Waals surface area contributed by atoms with E-state index in [-0.39, 0.29) is 5.41 Å². The van der Waals surface area contributed by atoms with Crippen molar-refractivity contribution in [1.29, 1.82) is 0 Å². The Bertz CT molecular complexity index is 2670. The molecule has 0 unspecified atom stereocenters. The molecule has 0 atom stereocenters. The number of nitrogens with zero attached hydrogens (tertiary/aromatic N) is 1. The fraction of sp³-hybridized carbons (Fsp3) is 0.0870. The lowest BCUT2D eigenvalue weighted by atomic mass is 9.83. The van der Waals surface area contributed by atoms with Crippen LogP contribution < -0.4 is 4.90 Å². The molecule has 9 aromatic rings. The first kappa shape index (κ1) is 28.4. The van der Waals surface area contributed by atoms with Crippen LogP contribution in [0.1, 0.15) is 26.3 Å². The van der Waals surface area contributed by atoms with E-state index in [1.807, 2.05) is 6.07 Å². The van der Waals surface area contributed by atoms with Crippen molar-refractivity contribution >= 4 is 71.1 Å². The summed E-state index contributed by atoms with van der Waals surface area (Å²) in [5, 5.41) is 11.1. The van der Waals surface area contributed by atoms with Gasteiger partial charge in [-0.15, -0.1) is 0 Å². The molecule has 9 rings (SSSR count). The number of hydrogen-bond acceptors (Lipinski definition) is 2. The van der Waals surface area contributed by atoms with Gasteiger partial charge < -0.3 is 9.32 Å². The predicted molar refractivity (Wildman–Crippen MR) is 205 cm³/mol. The fourth-order valence-corrected chi connectivity index (χ4v) is 7.57. The van der Waals surface area contributed by atoms with E-state index < -0.39 is 0 Å². The average Bonchev–Trinajstić information content (AvgIpc) is 3.53. The van der Waals surface area contributed by atoms with Crippen molar-refractivity contribution in [3.63, 3.8) is 0 Å². The Morgan fingerprint density at radius 3 is 1.81 bits per heavy atom. The Morgan fingerprint density at radius 2 is 1.02 bits per heavy atom. The first-order valence-corrected chi connectivity index (χ1v) is 16.7. The molecule has 0 spiro atoms. The Morgan fingerprint density at radius 1 is 0.438 bits per heavy atom. The van der Waals surface area contributed by atoms with Gasteiger partial charge in [0, 0.05) is 33.3 Å². The summed E-state index contributed by atoms with van der Waals surface area (Å²) in [5.41, 5.74) is 6.44. The summed E-state index contributed by atoms with van der Waals surface area (Å²) in [6.45, 7) is 6.80. The highest BCUT2D eigenvalue weighted by molar-refractivity contribution is 6.15. The Labute approximate surface area is 280 Å². The zero-order chi connectivity index (χ0) is 32.4. The normalized spacial score (nSPS) is 12.1. The Kier molecular flexibility index (Phi) is 6.42. The van der Waals surface area contributed by atoms with Crippen molar-refractivity contribution in [2.75, 3.05) is 4.90 Å². The molecule has 0 saturated carbocycles. The highest BCUT2D eigenvalue weighted by Crippen LogP contribution is 2.46. The molecule has 0 radical (unpaired) electrons.